The monoisotopic (exact) mass is 491 g/mol. The molecule has 1 N–H and O–H groups in total. The van der Waals surface area contributed by atoms with E-state index in [1.165, 1.54) is 7.11 Å². The van der Waals surface area contributed by atoms with Gasteiger partial charge in [-0.1, -0.05) is 12.1 Å². The number of esters is 1. The van der Waals surface area contributed by atoms with Crippen molar-refractivity contribution >= 4 is 23.8 Å². The average Bonchev–Trinajstić information content (AvgIpc) is 2.80. The Morgan fingerprint density at radius 3 is 2.26 bits per heavy atom. The van der Waals surface area contributed by atoms with Crippen molar-refractivity contribution in [1.29, 1.82) is 0 Å². The summed E-state index contributed by atoms with van der Waals surface area (Å²) in [6.45, 7) is 5.23. The predicted molar refractivity (Wildman–Crippen MR) is 132 cm³/mol. The minimum absolute atomic E-state index is 0.0278. The van der Waals surface area contributed by atoms with E-state index < -0.39 is 23.7 Å². The van der Waals surface area contributed by atoms with Gasteiger partial charge in [-0.15, -0.1) is 11.8 Å². The quantitative estimate of drug-likeness (QED) is 0.361. The van der Waals surface area contributed by atoms with Gasteiger partial charge in [0.05, 0.1) is 14.2 Å². The minimum Gasteiger partial charge on any atom is -0.497 e. The third-order valence-electron chi connectivity index (χ3n) is 4.55. The summed E-state index contributed by atoms with van der Waals surface area (Å²) in [5.41, 5.74) is 0.796. The van der Waals surface area contributed by atoms with E-state index in [9.17, 15) is 9.59 Å². The van der Waals surface area contributed by atoms with Crippen molar-refractivity contribution < 1.29 is 33.3 Å². The zero-order valence-corrected chi connectivity index (χ0v) is 21.3. The molecule has 9 heteroatoms. The first-order valence-corrected chi connectivity index (χ1v) is 12.1. The number of hydrogen-bond donors (Lipinski definition) is 1. The van der Waals surface area contributed by atoms with Gasteiger partial charge in [0.1, 0.15) is 41.4 Å². The zero-order chi connectivity index (χ0) is 25.1. The highest BCUT2D eigenvalue weighted by atomic mass is 32.2. The first kappa shape index (κ1) is 27.2. The standard InChI is InChI=1S/C25H33NO7S/c1-25(2,3)33-24(28)26-21(13-17-7-10-19(11-8-17)32-16-34-6)23(27)31-15-18-9-12-20(29-4)14-22(18)30-5/h7-12,14,21H,13,15-16H2,1-6H3,(H,26,28)/t21-/m1/s1. The van der Waals surface area contributed by atoms with Gasteiger partial charge in [-0.3, -0.25) is 0 Å². The van der Waals surface area contributed by atoms with Crippen molar-refractivity contribution in [1.82, 2.24) is 5.32 Å². The van der Waals surface area contributed by atoms with Crippen LogP contribution in [0.4, 0.5) is 4.79 Å². The third-order valence-corrected chi connectivity index (χ3v) is 4.90. The maximum absolute atomic E-state index is 13.0. The highest BCUT2D eigenvalue weighted by molar-refractivity contribution is 7.98. The number of methoxy groups -OCH3 is 2. The van der Waals surface area contributed by atoms with Crippen molar-refractivity contribution in [2.75, 3.05) is 26.4 Å². The van der Waals surface area contributed by atoms with Crippen LogP contribution in [-0.2, 0) is 27.3 Å². The molecule has 2 aromatic rings. The number of hydrogen-bond acceptors (Lipinski definition) is 8. The summed E-state index contributed by atoms with van der Waals surface area (Å²) in [6, 6.07) is 11.6. The maximum atomic E-state index is 13.0. The van der Waals surface area contributed by atoms with E-state index in [1.54, 1.807) is 57.8 Å². The molecular weight excluding hydrogens is 458 g/mol. The number of carbonyl (C=O) groups excluding carboxylic acids is 2. The number of nitrogens with one attached hydrogen (secondary N) is 1. The van der Waals surface area contributed by atoms with E-state index in [2.05, 4.69) is 5.32 Å². The molecular formula is C25H33NO7S. The van der Waals surface area contributed by atoms with Crippen LogP contribution in [0.1, 0.15) is 31.9 Å². The lowest BCUT2D eigenvalue weighted by Gasteiger charge is -2.23. The second-order valence-corrected chi connectivity index (χ2v) is 9.20. The molecule has 0 unspecified atom stereocenters. The van der Waals surface area contributed by atoms with Gasteiger partial charge < -0.3 is 29.0 Å². The predicted octanol–water partition coefficient (Wildman–Crippen LogP) is 4.58. The molecule has 0 saturated heterocycles. The van der Waals surface area contributed by atoms with Crippen molar-refractivity contribution in [2.24, 2.45) is 0 Å². The Morgan fingerprint density at radius 2 is 1.68 bits per heavy atom. The Morgan fingerprint density at radius 1 is 1.00 bits per heavy atom. The van der Waals surface area contributed by atoms with Gasteiger partial charge in [0.2, 0.25) is 0 Å². The van der Waals surface area contributed by atoms with Gasteiger partial charge in [-0.2, -0.15) is 0 Å². The van der Waals surface area contributed by atoms with Gasteiger partial charge in [0.25, 0.3) is 0 Å². The van der Waals surface area contributed by atoms with Crippen LogP contribution in [0.25, 0.3) is 0 Å². The molecule has 0 aliphatic heterocycles. The van der Waals surface area contributed by atoms with Crippen LogP contribution in [0.5, 0.6) is 17.2 Å². The van der Waals surface area contributed by atoms with E-state index >= 15 is 0 Å². The molecule has 0 fully saturated rings. The lowest BCUT2D eigenvalue weighted by molar-refractivity contribution is -0.147. The van der Waals surface area contributed by atoms with Gasteiger partial charge in [-0.25, -0.2) is 9.59 Å². The Balaban J connectivity index is 2.13. The topological polar surface area (TPSA) is 92.3 Å². The van der Waals surface area contributed by atoms with Crippen LogP contribution in [0.2, 0.25) is 0 Å². The van der Waals surface area contributed by atoms with Crippen LogP contribution in [-0.4, -0.2) is 50.1 Å². The van der Waals surface area contributed by atoms with E-state index in [4.69, 9.17) is 23.7 Å². The van der Waals surface area contributed by atoms with Crippen LogP contribution in [0, 0.1) is 0 Å². The first-order valence-electron chi connectivity index (χ1n) is 10.7. The van der Waals surface area contributed by atoms with E-state index in [0.717, 1.165) is 11.3 Å². The number of amides is 1. The maximum Gasteiger partial charge on any atom is 0.408 e. The number of benzene rings is 2. The number of thioether (sulfide) groups is 1. The molecule has 1 atom stereocenters. The number of alkyl carbamates (subject to hydrolysis) is 1. The van der Waals surface area contributed by atoms with E-state index in [1.807, 2.05) is 30.5 Å². The Bertz CT molecular complexity index is 941. The largest absolute Gasteiger partial charge is 0.497 e. The van der Waals surface area contributed by atoms with Crippen molar-refractivity contribution in [3.05, 3.63) is 53.6 Å². The van der Waals surface area contributed by atoms with Crippen LogP contribution in [0.3, 0.4) is 0 Å². The molecule has 0 radical (unpaired) electrons. The molecule has 0 saturated carbocycles. The summed E-state index contributed by atoms with van der Waals surface area (Å²) in [7, 11) is 3.09. The Hall–Kier alpha value is -3.07. The molecule has 1 amide bonds. The minimum atomic E-state index is -0.947. The second kappa shape index (κ2) is 13.0. The lowest BCUT2D eigenvalue weighted by Crippen LogP contribution is -2.45. The fourth-order valence-electron chi connectivity index (χ4n) is 2.95. The van der Waals surface area contributed by atoms with Crippen molar-refractivity contribution in [3.63, 3.8) is 0 Å². The lowest BCUT2D eigenvalue weighted by atomic mass is 10.1. The molecule has 34 heavy (non-hydrogen) atoms. The third kappa shape index (κ3) is 9.05. The molecule has 186 valence electrons. The molecule has 0 aliphatic rings. The average molecular weight is 492 g/mol. The molecule has 0 spiro atoms. The van der Waals surface area contributed by atoms with Crippen molar-refractivity contribution in [2.45, 2.75) is 45.4 Å². The second-order valence-electron chi connectivity index (χ2n) is 8.38. The van der Waals surface area contributed by atoms with Gasteiger partial charge >= 0.3 is 12.1 Å². The van der Waals surface area contributed by atoms with E-state index in [0.29, 0.717) is 23.0 Å². The fourth-order valence-corrected chi connectivity index (χ4v) is 3.20. The molecule has 0 bridgehead atoms. The molecule has 2 aromatic carbocycles. The summed E-state index contributed by atoms with van der Waals surface area (Å²) in [5.74, 6) is 1.84. The smallest absolute Gasteiger partial charge is 0.408 e. The van der Waals surface area contributed by atoms with Crippen molar-refractivity contribution in [3.8, 4) is 17.2 Å². The summed E-state index contributed by atoms with van der Waals surface area (Å²) < 4.78 is 27.0. The summed E-state index contributed by atoms with van der Waals surface area (Å²) >= 11 is 1.57. The molecule has 8 nitrogen and oxygen atoms in total. The normalized spacial score (nSPS) is 11.8. The van der Waals surface area contributed by atoms with Gasteiger partial charge in [-0.05, 0) is 56.9 Å². The summed E-state index contributed by atoms with van der Waals surface area (Å²) in [4.78, 5) is 25.4. The highest BCUT2D eigenvalue weighted by Gasteiger charge is 2.26. The number of rotatable bonds is 11. The molecule has 0 heterocycles. The first-order chi connectivity index (χ1) is 16.1. The van der Waals surface area contributed by atoms with E-state index in [-0.39, 0.29) is 13.0 Å². The van der Waals surface area contributed by atoms with Gasteiger partial charge in [0, 0.05) is 18.1 Å². The highest BCUT2D eigenvalue weighted by Crippen LogP contribution is 2.25. The Kier molecular flexibility index (Phi) is 10.4. The van der Waals surface area contributed by atoms with Crippen LogP contribution < -0.4 is 19.5 Å². The number of ether oxygens (including phenoxy) is 5. The zero-order valence-electron chi connectivity index (χ0n) is 20.5. The van der Waals surface area contributed by atoms with Crippen LogP contribution >= 0.6 is 11.8 Å². The van der Waals surface area contributed by atoms with Crippen LogP contribution in [0.15, 0.2) is 42.5 Å². The summed E-state index contributed by atoms with van der Waals surface area (Å²) in [5, 5.41) is 2.63. The van der Waals surface area contributed by atoms with Gasteiger partial charge in [0.15, 0.2) is 0 Å². The Labute approximate surface area is 205 Å². The number of carbonyl (C=O) groups is 2. The molecule has 2 rings (SSSR count). The summed E-state index contributed by atoms with van der Waals surface area (Å²) in [6.07, 6.45) is 1.48. The molecule has 0 aromatic heterocycles. The SMILES string of the molecule is COc1ccc(COC(=O)[C@@H](Cc2ccc(OCSC)cc2)NC(=O)OC(C)(C)C)c(OC)c1. The molecule has 0 aliphatic carbocycles. The fraction of sp³-hybridized carbons (Fsp3) is 0.440.